The lowest BCUT2D eigenvalue weighted by Crippen LogP contribution is -2.00. The number of aromatic nitrogens is 4. The Morgan fingerprint density at radius 2 is 2.33 bits per heavy atom. The van der Waals surface area contributed by atoms with E-state index >= 15 is 0 Å². The molecule has 3 heterocycles. The zero-order chi connectivity index (χ0) is 12.4. The Morgan fingerprint density at radius 3 is 3.06 bits per heavy atom. The topological polar surface area (TPSA) is 67.4 Å². The van der Waals surface area contributed by atoms with Gasteiger partial charge in [-0.25, -0.2) is 14.6 Å². The minimum absolute atomic E-state index is 0.184. The number of nitriles is 1. The van der Waals surface area contributed by atoms with Gasteiger partial charge in [-0.3, -0.25) is 0 Å². The summed E-state index contributed by atoms with van der Waals surface area (Å²) in [5, 5.41) is 17.7. The fourth-order valence-corrected chi connectivity index (χ4v) is 3.11. The van der Waals surface area contributed by atoms with Crippen LogP contribution in [-0.4, -0.2) is 19.7 Å². The molecule has 0 saturated heterocycles. The number of hydrogen-bond acceptors (Lipinski definition) is 6. The number of nitrogens with zero attached hydrogens (tertiary/aromatic N) is 5. The van der Waals surface area contributed by atoms with Gasteiger partial charge in [-0.2, -0.15) is 5.26 Å². The smallest absolute Gasteiger partial charge is 0.246 e. The number of hydrogen-bond donors (Lipinski definition) is 0. The molecule has 0 amide bonds. The van der Waals surface area contributed by atoms with Crippen molar-refractivity contribution in [1.29, 1.82) is 5.26 Å². The lowest BCUT2D eigenvalue weighted by atomic mass is 10.4. The predicted molar refractivity (Wildman–Crippen MR) is 69.3 cm³/mol. The highest BCUT2D eigenvalue weighted by Crippen LogP contribution is 2.27. The molecule has 0 aliphatic rings. The summed E-state index contributed by atoms with van der Waals surface area (Å²) >= 11 is 3.29. The summed E-state index contributed by atoms with van der Waals surface area (Å²) < 4.78 is 1.62. The van der Waals surface area contributed by atoms with Crippen LogP contribution in [0, 0.1) is 11.3 Å². The van der Waals surface area contributed by atoms with Crippen molar-refractivity contribution in [3.63, 3.8) is 0 Å². The van der Waals surface area contributed by atoms with E-state index in [1.165, 1.54) is 4.88 Å². The predicted octanol–water partition coefficient (Wildman–Crippen LogP) is 2.38. The van der Waals surface area contributed by atoms with E-state index in [2.05, 4.69) is 21.1 Å². The van der Waals surface area contributed by atoms with Crippen LogP contribution in [0.5, 0.6) is 0 Å². The summed E-state index contributed by atoms with van der Waals surface area (Å²) in [7, 11) is 0. The van der Waals surface area contributed by atoms with Crippen molar-refractivity contribution >= 4 is 22.7 Å². The van der Waals surface area contributed by atoms with Gasteiger partial charge in [-0.05, 0) is 11.4 Å². The van der Waals surface area contributed by atoms with Gasteiger partial charge < -0.3 is 0 Å². The highest BCUT2D eigenvalue weighted by molar-refractivity contribution is 7.20. The molecule has 3 rings (SSSR count). The summed E-state index contributed by atoms with van der Waals surface area (Å²) in [6.07, 6.45) is 1.54. The normalized spacial score (nSPS) is 10.4. The lowest BCUT2D eigenvalue weighted by molar-refractivity contribution is 0.672. The van der Waals surface area contributed by atoms with E-state index in [0.29, 0.717) is 6.54 Å². The minimum Gasteiger partial charge on any atom is -0.246 e. The monoisotopic (exact) mass is 273 g/mol. The maximum atomic E-state index is 8.65. The lowest BCUT2D eigenvalue weighted by Gasteiger charge is -1.94. The van der Waals surface area contributed by atoms with Crippen LogP contribution in [0.4, 0.5) is 0 Å². The van der Waals surface area contributed by atoms with E-state index < -0.39 is 0 Å². The summed E-state index contributed by atoms with van der Waals surface area (Å²) in [5.41, 5.74) is 0.929. The number of rotatable bonds is 3. The van der Waals surface area contributed by atoms with Crippen LogP contribution in [-0.2, 0) is 6.54 Å². The molecule has 0 N–H and O–H groups in total. The molecule has 0 aliphatic heterocycles. The SMILES string of the molecule is N#Cc1ncn(Cc2csc(-c3cccs3)n2)n1. The average molecular weight is 273 g/mol. The third-order valence-corrected chi connectivity index (χ3v) is 4.17. The highest BCUT2D eigenvalue weighted by atomic mass is 32.1. The van der Waals surface area contributed by atoms with Crippen LogP contribution in [0.1, 0.15) is 11.5 Å². The maximum absolute atomic E-state index is 8.65. The van der Waals surface area contributed by atoms with Gasteiger partial charge in [0.15, 0.2) is 0 Å². The summed E-state index contributed by atoms with van der Waals surface area (Å²) in [6, 6.07) is 5.97. The standard InChI is InChI=1S/C11H7N5S2/c12-4-10-13-7-16(15-10)5-8-6-18-11(14-8)9-2-1-3-17-9/h1-3,6-7H,5H2. The summed E-state index contributed by atoms with van der Waals surface area (Å²) in [4.78, 5) is 9.57. The van der Waals surface area contributed by atoms with Gasteiger partial charge in [0.25, 0.3) is 5.82 Å². The molecule has 0 saturated carbocycles. The Kier molecular flexibility index (Phi) is 2.88. The molecule has 0 fully saturated rings. The minimum atomic E-state index is 0.184. The van der Waals surface area contributed by atoms with E-state index in [1.807, 2.05) is 22.9 Å². The fourth-order valence-electron chi connectivity index (χ4n) is 1.48. The van der Waals surface area contributed by atoms with Gasteiger partial charge in [0.1, 0.15) is 17.4 Å². The van der Waals surface area contributed by atoms with Crippen molar-refractivity contribution in [2.24, 2.45) is 0 Å². The number of thiophene rings is 1. The Balaban J connectivity index is 1.80. The van der Waals surface area contributed by atoms with Crippen LogP contribution < -0.4 is 0 Å². The first-order chi connectivity index (χ1) is 8.85. The van der Waals surface area contributed by atoms with Crippen LogP contribution in [0.25, 0.3) is 9.88 Å². The van der Waals surface area contributed by atoms with Crippen molar-refractivity contribution in [3.05, 3.63) is 40.7 Å². The van der Waals surface area contributed by atoms with Gasteiger partial charge in [-0.1, -0.05) is 6.07 Å². The van der Waals surface area contributed by atoms with Crippen molar-refractivity contribution in [3.8, 4) is 16.0 Å². The molecule has 5 nitrogen and oxygen atoms in total. The van der Waals surface area contributed by atoms with Crippen LogP contribution >= 0.6 is 22.7 Å². The molecule has 0 spiro atoms. The van der Waals surface area contributed by atoms with Crippen molar-refractivity contribution in [2.75, 3.05) is 0 Å². The zero-order valence-electron chi connectivity index (χ0n) is 9.15. The molecule has 0 bridgehead atoms. The first-order valence-electron chi connectivity index (χ1n) is 5.13. The van der Waals surface area contributed by atoms with Crippen molar-refractivity contribution in [2.45, 2.75) is 6.54 Å². The molecule has 0 atom stereocenters. The van der Waals surface area contributed by atoms with E-state index in [0.717, 1.165) is 10.7 Å². The van der Waals surface area contributed by atoms with Crippen molar-refractivity contribution < 1.29 is 0 Å². The van der Waals surface area contributed by atoms with Gasteiger partial charge >= 0.3 is 0 Å². The summed E-state index contributed by atoms with van der Waals surface area (Å²) in [5.74, 6) is 0.184. The van der Waals surface area contributed by atoms with Gasteiger partial charge in [0.2, 0.25) is 0 Å². The molecule has 0 aromatic carbocycles. The molecule has 3 aromatic rings. The third kappa shape index (κ3) is 2.16. The molecule has 0 aliphatic carbocycles. The number of thiazole rings is 1. The summed E-state index contributed by atoms with van der Waals surface area (Å²) in [6.45, 7) is 0.538. The molecule has 7 heteroatoms. The van der Waals surface area contributed by atoms with E-state index in [9.17, 15) is 0 Å². The molecule has 0 unspecified atom stereocenters. The fraction of sp³-hybridized carbons (Fsp3) is 0.0909. The molecule has 18 heavy (non-hydrogen) atoms. The van der Waals surface area contributed by atoms with Crippen molar-refractivity contribution in [1.82, 2.24) is 19.7 Å². The highest BCUT2D eigenvalue weighted by Gasteiger charge is 2.07. The van der Waals surface area contributed by atoms with E-state index in [1.54, 1.807) is 33.7 Å². The maximum Gasteiger partial charge on any atom is 0.252 e. The van der Waals surface area contributed by atoms with Crippen LogP contribution in [0.2, 0.25) is 0 Å². The second-order valence-corrected chi connectivity index (χ2v) is 5.30. The van der Waals surface area contributed by atoms with Gasteiger partial charge in [-0.15, -0.1) is 27.8 Å². The molecule has 3 aromatic heterocycles. The first kappa shape index (κ1) is 11.1. The van der Waals surface area contributed by atoms with E-state index in [-0.39, 0.29) is 5.82 Å². The van der Waals surface area contributed by atoms with Gasteiger partial charge in [0, 0.05) is 5.38 Å². The van der Waals surface area contributed by atoms with Crippen LogP contribution in [0.3, 0.4) is 0 Å². The second-order valence-electron chi connectivity index (χ2n) is 3.50. The quantitative estimate of drug-likeness (QED) is 0.734. The van der Waals surface area contributed by atoms with Gasteiger partial charge in [0.05, 0.1) is 17.1 Å². The molecular formula is C11H7N5S2. The van der Waals surface area contributed by atoms with Crippen LogP contribution in [0.15, 0.2) is 29.2 Å². The average Bonchev–Trinajstić information content (AvgIpc) is 3.10. The first-order valence-corrected chi connectivity index (χ1v) is 6.89. The molecule has 0 radical (unpaired) electrons. The Labute approximate surface area is 111 Å². The molecule has 88 valence electrons. The largest absolute Gasteiger partial charge is 0.252 e. The molecular weight excluding hydrogens is 266 g/mol. The third-order valence-electron chi connectivity index (χ3n) is 2.24. The van der Waals surface area contributed by atoms with E-state index in [4.69, 9.17) is 5.26 Å². The Morgan fingerprint density at radius 1 is 1.39 bits per heavy atom. The zero-order valence-corrected chi connectivity index (χ0v) is 10.8. The second kappa shape index (κ2) is 4.68. The Bertz CT molecular complexity index is 689. The Hall–Kier alpha value is -2.04.